The Labute approximate surface area is 167 Å². The van der Waals surface area contributed by atoms with Gasteiger partial charge < -0.3 is 15.4 Å². The molecule has 0 atom stereocenters. The second-order valence-corrected chi connectivity index (χ2v) is 7.94. The third-order valence-electron chi connectivity index (χ3n) is 3.69. The molecule has 0 amide bonds. The van der Waals surface area contributed by atoms with E-state index in [1.807, 2.05) is 6.92 Å². The number of nitrogens with one attached hydrogen (secondary N) is 2. The van der Waals surface area contributed by atoms with Crippen LogP contribution in [0.1, 0.15) is 6.92 Å². The Morgan fingerprint density at radius 3 is 2.52 bits per heavy atom. The van der Waals surface area contributed by atoms with E-state index in [0.29, 0.717) is 12.5 Å². The topological polar surface area (TPSA) is 79.8 Å². The van der Waals surface area contributed by atoms with Crippen molar-refractivity contribution in [2.45, 2.75) is 11.8 Å². The predicted octanol–water partition coefficient (Wildman–Crippen LogP) is 2.51. The molecule has 10 heteroatoms. The number of benzene rings is 2. The number of aliphatic imine (C=N–C) groups is 1. The van der Waals surface area contributed by atoms with Crippen LogP contribution in [0.3, 0.4) is 0 Å². The van der Waals surface area contributed by atoms with Gasteiger partial charge >= 0.3 is 0 Å². The van der Waals surface area contributed by atoms with E-state index in [9.17, 15) is 21.6 Å². The molecule has 2 aromatic carbocycles. The number of nitrogens with zero attached hydrogens (tertiary/aromatic N) is 1. The minimum absolute atomic E-state index is 0.0699. The van der Waals surface area contributed by atoms with Gasteiger partial charge in [0, 0.05) is 12.6 Å². The van der Waals surface area contributed by atoms with Crippen molar-refractivity contribution in [2.75, 3.05) is 32.0 Å². The highest BCUT2D eigenvalue weighted by Gasteiger charge is 2.18. The van der Waals surface area contributed by atoms with Crippen molar-refractivity contribution < 1.29 is 26.3 Å². The zero-order chi connectivity index (χ0) is 21.3. The summed E-state index contributed by atoms with van der Waals surface area (Å²) in [4.78, 5) is 3.78. The summed E-state index contributed by atoms with van der Waals surface area (Å²) in [5.74, 6) is -2.40. The molecule has 0 radical (unpaired) electrons. The molecule has 0 aliphatic rings. The van der Waals surface area contributed by atoms with Crippen LogP contribution in [-0.4, -0.2) is 46.4 Å². The Bertz CT molecular complexity index is 953. The zero-order valence-corrected chi connectivity index (χ0v) is 16.6. The first-order chi connectivity index (χ1) is 13.8. The van der Waals surface area contributed by atoms with E-state index < -0.39 is 27.3 Å². The van der Waals surface area contributed by atoms with Crippen LogP contribution < -0.4 is 15.4 Å². The monoisotopic (exact) mass is 429 g/mol. The van der Waals surface area contributed by atoms with E-state index in [4.69, 9.17) is 4.74 Å². The molecule has 6 nitrogen and oxygen atoms in total. The van der Waals surface area contributed by atoms with Crippen LogP contribution in [0, 0.1) is 17.5 Å². The van der Waals surface area contributed by atoms with Crippen LogP contribution in [0.4, 0.5) is 13.2 Å². The maximum Gasteiger partial charge on any atom is 0.191 e. The van der Waals surface area contributed by atoms with Gasteiger partial charge in [-0.2, -0.15) is 0 Å². The minimum Gasteiger partial charge on any atom is -0.489 e. The first kappa shape index (κ1) is 22.5. The summed E-state index contributed by atoms with van der Waals surface area (Å²) >= 11 is 0. The summed E-state index contributed by atoms with van der Waals surface area (Å²) in [6.45, 7) is 2.58. The highest BCUT2D eigenvalue weighted by Crippen LogP contribution is 2.17. The summed E-state index contributed by atoms with van der Waals surface area (Å²) in [6.07, 6.45) is 0. The van der Waals surface area contributed by atoms with E-state index in [1.54, 1.807) is 0 Å². The molecular formula is C19H22F3N3O3S. The Hall–Kier alpha value is -2.75. The Balaban J connectivity index is 1.87. The largest absolute Gasteiger partial charge is 0.489 e. The normalized spacial score (nSPS) is 11.9. The number of ether oxygens (including phenoxy) is 1. The third kappa shape index (κ3) is 6.97. The highest BCUT2D eigenvalue weighted by molar-refractivity contribution is 7.91. The Kier molecular flexibility index (Phi) is 8.32. The lowest BCUT2D eigenvalue weighted by atomic mass is 10.3. The molecule has 0 heterocycles. The fraction of sp³-hybridized carbons (Fsp3) is 0.316. The molecule has 0 aliphatic heterocycles. The molecule has 158 valence electrons. The van der Waals surface area contributed by atoms with E-state index in [1.165, 1.54) is 24.3 Å². The summed E-state index contributed by atoms with van der Waals surface area (Å²) in [6, 6.07) is 8.18. The van der Waals surface area contributed by atoms with Gasteiger partial charge in [-0.1, -0.05) is 12.1 Å². The Morgan fingerprint density at radius 2 is 1.83 bits per heavy atom. The van der Waals surface area contributed by atoms with Crippen LogP contribution in [0.25, 0.3) is 0 Å². The summed E-state index contributed by atoms with van der Waals surface area (Å²) in [5.41, 5.74) is 0. The smallest absolute Gasteiger partial charge is 0.191 e. The number of halogens is 3. The van der Waals surface area contributed by atoms with E-state index in [2.05, 4.69) is 15.6 Å². The van der Waals surface area contributed by atoms with Crippen LogP contribution in [0.15, 0.2) is 52.4 Å². The molecule has 0 spiro atoms. The van der Waals surface area contributed by atoms with Crippen molar-refractivity contribution in [1.82, 2.24) is 10.6 Å². The fourth-order valence-corrected chi connectivity index (χ4v) is 3.55. The molecule has 0 aromatic heterocycles. The van der Waals surface area contributed by atoms with Crippen molar-refractivity contribution in [3.05, 3.63) is 59.9 Å². The van der Waals surface area contributed by atoms with Gasteiger partial charge in [0.15, 0.2) is 27.4 Å². The van der Waals surface area contributed by atoms with Gasteiger partial charge in [-0.25, -0.2) is 21.6 Å². The summed E-state index contributed by atoms with van der Waals surface area (Å²) in [5, 5.41) is 5.84. The van der Waals surface area contributed by atoms with E-state index in [-0.39, 0.29) is 36.1 Å². The van der Waals surface area contributed by atoms with Crippen LogP contribution in [-0.2, 0) is 9.84 Å². The molecule has 0 aliphatic carbocycles. The zero-order valence-electron chi connectivity index (χ0n) is 15.8. The van der Waals surface area contributed by atoms with Crippen molar-refractivity contribution in [3.8, 4) is 5.75 Å². The average molecular weight is 429 g/mol. The van der Waals surface area contributed by atoms with E-state index in [0.717, 1.165) is 18.2 Å². The Morgan fingerprint density at radius 1 is 1.07 bits per heavy atom. The van der Waals surface area contributed by atoms with Crippen molar-refractivity contribution in [3.63, 3.8) is 0 Å². The molecule has 0 bridgehead atoms. The number of guanidine groups is 1. The fourth-order valence-electron chi connectivity index (χ4n) is 2.35. The van der Waals surface area contributed by atoms with Crippen LogP contribution in [0.2, 0.25) is 0 Å². The molecule has 0 unspecified atom stereocenters. The molecule has 0 fully saturated rings. The number of hydrogen-bond donors (Lipinski definition) is 2. The standard InChI is InChI=1S/C19H22F3N3O3S/c1-2-23-19(24-9-11-28-17-8-7-14(20)13-16(17)22)25-10-12-29(26,27)18-6-4-3-5-15(18)21/h3-8,13H,2,9-12H2,1H3,(H2,23,24,25). The predicted molar refractivity (Wildman–Crippen MR) is 104 cm³/mol. The maximum atomic E-state index is 13.7. The number of hydrogen-bond acceptors (Lipinski definition) is 4. The minimum atomic E-state index is -3.81. The van der Waals surface area contributed by atoms with Gasteiger partial charge in [0.25, 0.3) is 0 Å². The first-order valence-corrected chi connectivity index (χ1v) is 10.6. The van der Waals surface area contributed by atoms with Crippen molar-refractivity contribution >= 4 is 15.8 Å². The van der Waals surface area contributed by atoms with Gasteiger partial charge in [0.2, 0.25) is 0 Å². The lowest BCUT2D eigenvalue weighted by Crippen LogP contribution is -2.39. The van der Waals surface area contributed by atoms with Gasteiger partial charge in [-0.05, 0) is 31.2 Å². The number of sulfone groups is 1. The van der Waals surface area contributed by atoms with Gasteiger partial charge in [0.05, 0.1) is 18.8 Å². The number of rotatable bonds is 9. The summed E-state index contributed by atoms with van der Waals surface area (Å²) in [7, 11) is -3.81. The molecule has 2 rings (SSSR count). The van der Waals surface area contributed by atoms with Crippen LogP contribution >= 0.6 is 0 Å². The molecule has 2 N–H and O–H groups in total. The lowest BCUT2D eigenvalue weighted by Gasteiger charge is -2.12. The highest BCUT2D eigenvalue weighted by atomic mass is 32.2. The SMILES string of the molecule is CCNC(=NCCS(=O)(=O)c1ccccc1F)NCCOc1ccc(F)cc1F. The molecule has 29 heavy (non-hydrogen) atoms. The summed E-state index contributed by atoms with van der Waals surface area (Å²) < 4.78 is 69.7. The first-order valence-electron chi connectivity index (χ1n) is 8.91. The van der Waals surface area contributed by atoms with E-state index >= 15 is 0 Å². The van der Waals surface area contributed by atoms with Gasteiger partial charge in [-0.15, -0.1) is 0 Å². The molecular weight excluding hydrogens is 407 g/mol. The van der Waals surface area contributed by atoms with Crippen molar-refractivity contribution in [1.29, 1.82) is 0 Å². The lowest BCUT2D eigenvalue weighted by molar-refractivity contribution is 0.304. The van der Waals surface area contributed by atoms with Crippen molar-refractivity contribution in [2.24, 2.45) is 4.99 Å². The van der Waals surface area contributed by atoms with Gasteiger partial charge in [-0.3, -0.25) is 4.99 Å². The molecule has 0 saturated heterocycles. The second kappa shape index (κ2) is 10.7. The van der Waals surface area contributed by atoms with Gasteiger partial charge in [0.1, 0.15) is 23.1 Å². The quantitative estimate of drug-likeness (QED) is 0.364. The second-order valence-electron chi connectivity index (χ2n) is 5.86. The van der Waals surface area contributed by atoms with Crippen LogP contribution in [0.5, 0.6) is 5.75 Å². The molecule has 0 saturated carbocycles. The maximum absolute atomic E-state index is 13.7. The third-order valence-corrected chi connectivity index (χ3v) is 5.41. The average Bonchev–Trinajstić information content (AvgIpc) is 2.66. The molecule has 2 aromatic rings.